The first-order chi connectivity index (χ1) is 30.2. The fraction of sp³-hybridized carbons (Fsp3) is 0.400. The molecule has 3 aliphatic rings. The van der Waals surface area contributed by atoms with E-state index in [1.807, 2.05) is 36.4 Å². The van der Waals surface area contributed by atoms with Gasteiger partial charge in [0.1, 0.15) is 29.3 Å². The van der Waals surface area contributed by atoms with Gasteiger partial charge in [-0.1, -0.05) is 17.8 Å². The Morgan fingerprint density at radius 3 is 2.12 bits per heavy atom. The van der Waals surface area contributed by atoms with Crippen LogP contribution in [0.2, 0.25) is 32.2 Å². The number of amides is 2. The van der Waals surface area contributed by atoms with Gasteiger partial charge >= 0.3 is 0 Å². The maximum atomic E-state index is 13.8. The SMILES string of the molecule is CCN(CC)c1ccc2c(-c3ccc(S(=O)(=O)CCc4cnc(SC[Si](C)(C)O[Si](C)(C)CCCN5C(=O)C=CC5=O)nc4)cc3S(=O)(=O)O)c3ccc(=[N+](CC)CC)cc-3oc2c1. The van der Waals surface area contributed by atoms with Crippen LogP contribution in [0.3, 0.4) is 0 Å². The monoisotopic (exact) mass is 964 g/mol. The van der Waals surface area contributed by atoms with Crippen molar-refractivity contribution < 1.29 is 39.5 Å². The zero-order valence-electron chi connectivity index (χ0n) is 37.8. The third kappa shape index (κ3) is 11.5. The van der Waals surface area contributed by atoms with E-state index in [9.17, 15) is 31.0 Å². The van der Waals surface area contributed by atoms with Crippen molar-refractivity contribution in [1.82, 2.24) is 19.4 Å². The Bertz CT molecular complexity index is 2820. The summed E-state index contributed by atoms with van der Waals surface area (Å²) in [6.45, 7) is 20.2. The number of hydrogen-bond donors (Lipinski definition) is 1. The number of sulfone groups is 1. The summed E-state index contributed by atoms with van der Waals surface area (Å²) in [4.78, 5) is 35.4. The van der Waals surface area contributed by atoms with Crippen molar-refractivity contribution in [2.24, 2.45) is 0 Å². The summed E-state index contributed by atoms with van der Waals surface area (Å²) < 4.78 is 80.2. The topological polar surface area (TPSA) is 180 Å². The van der Waals surface area contributed by atoms with Gasteiger partial charge in [-0.2, -0.15) is 8.42 Å². The highest BCUT2D eigenvalue weighted by Gasteiger charge is 2.34. The predicted molar refractivity (Wildman–Crippen MR) is 258 cm³/mol. The fourth-order valence-corrected chi connectivity index (χ4v) is 20.6. The van der Waals surface area contributed by atoms with Crippen LogP contribution in [0.5, 0.6) is 0 Å². The van der Waals surface area contributed by atoms with Gasteiger partial charge in [-0.25, -0.2) is 23.0 Å². The number of aromatic nitrogens is 2. The molecule has 2 aliphatic heterocycles. The average molecular weight is 965 g/mol. The smallest absolute Gasteiger partial charge is 0.295 e. The lowest BCUT2D eigenvalue weighted by Crippen LogP contribution is -2.46. The maximum Gasteiger partial charge on any atom is 0.295 e. The van der Waals surface area contributed by atoms with Crippen molar-refractivity contribution in [3.63, 3.8) is 0 Å². The van der Waals surface area contributed by atoms with Crippen molar-refractivity contribution >= 4 is 76.8 Å². The van der Waals surface area contributed by atoms with Crippen LogP contribution in [0.4, 0.5) is 5.69 Å². The molecule has 19 heteroatoms. The minimum absolute atomic E-state index is 0.0727. The quantitative estimate of drug-likeness (QED) is 0.0156. The number of imide groups is 1. The molecule has 64 heavy (non-hydrogen) atoms. The van der Waals surface area contributed by atoms with Gasteiger partial charge < -0.3 is 13.4 Å². The molecule has 6 rings (SSSR count). The number of fused-ring (bicyclic) bond motifs is 2. The van der Waals surface area contributed by atoms with Crippen molar-refractivity contribution in [1.29, 1.82) is 0 Å². The molecule has 0 saturated carbocycles. The minimum atomic E-state index is -4.93. The Labute approximate surface area is 382 Å². The Morgan fingerprint density at radius 1 is 0.844 bits per heavy atom. The molecule has 0 fully saturated rings. The summed E-state index contributed by atoms with van der Waals surface area (Å²) in [5.41, 5.74) is 3.27. The zero-order valence-corrected chi connectivity index (χ0v) is 42.2. The highest BCUT2D eigenvalue weighted by atomic mass is 32.2. The summed E-state index contributed by atoms with van der Waals surface area (Å²) in [6.07, 6.45) is 6.53. The maximum absolute atomic E-state index is 13.8. The lowest BCUT2D eigenvalue weighted by atomic mass is 9.93. The number of thioether (sulfide) groups is 1. The Kier molecular flexibility index (Phi) is 15.2. The van der Waals surface area contributed by atoms with E-state index >= 15 is 0 Å². The van der Waals surface area contributed by atoms with Gasteiger partial charge in [-0.3, -0.25) is 19.0 Å². The molecule has 3 heterocycles. The lowest BCUT2D eigenvalue weighted by Gasteiger charge is -2.34. The molecule has 342 valence electrons. The zero-order chi connectivity index (χ0) is 46.6. The Hall–Kier alpha value is -4.51. The molecule has 14 nitrogen and oxygen atoms in total. The highest BCUT2D eigenvalue weighted by Crippen LogP contribution is 2.43. The number of nitrogens with zero attached hydrogens (tertiary/aromatic N) is 5. The normalized spacial score (nSPS) is 13.7. The average Bonchev–Trinajstić information content (AvgIpc) is 3.57. The molecular weight excluding hydrogens is 907 g/mol. The first kappa shape index (κ1) is 48.9. The number of aryl methyl sites for hydroxylation is 1. The molecule has 0 atom stereocenters. The van der Waals surface area contributed by atoms with Gasteiger partial charge in [0, 0.05) is 89.5 Å². The number of hydrogen-bond acceptors (Lipinski definition) is 12. The van der Waals surface area contributed by atoms with Crippen molar-refractivity contribution in [2.75, 3.05) is 48.8 Å². The number of carbonyl (C=O) groups is 2. The van der Waals surface area contributed by atoms with Crippen LogP contribution in [0.15, 0.2) is 98.5 Å². The van der Waals surface area contributed by atoms with E-state index in [2.05, 4.69) is 73.3 Å². The van der Waals surface area contributed by atoms with Gasteiger partial charge in [0.25, 0.3) is 21.9 Å². The van der Waals surface area contributed by atoms with Crippen LogP contribution in [-0.4, -0.2) is 109 Å². The van der Waals surface area contributed by atoms with Gasteiger partial charge in [-0.05, 0) is 109 Å². The fourth-order valence-electron chi connectivity index (χ4n) is 8.14. The second-order valence-corrected chi connectivity index (χ2v) is 30.6. The van der Waals surface area contributed by atoms with E-state index in [1.54, 1.807) is 12.4 Å². The predicted octanol–water partition coefficient (Wildman–Crippen LogP) is 7.29. The molecule has 1 aromatic heterocycles. The third-order valence-electron chi connectivity index (χ3n) is 11.3. The van der Waals surface area contributed by atoms with E-state index in [-0.39, 0.29) is 34.4 Å². The highest BCUT2D eigenvalue weighted by molar-refractivity contribution is 8.00. The Morgan fingerprint density at radius 2 is 1.50 bits per heavy atom. The molecule has 3 aromatic rings. The number of benzene rings is 3. The molecule has 0 radical (unpaired) electrons. The van der Waals surface area contributed by atoms with Gasteiger partial charge in [-0.15, -0.1) is 0 Å². The minimum Gasteiger partial charge on any atom is -0.456 e. The van der Waals surface area contributed by atoms with Crippen LogP contribution >= 0.6 is 11.8 Å². The number of anilines is 1. The second-order valence-electron chi connectivity index (χ2n) is 16.9. The van der Waals surface area contributed by atoms with E-state index < -0.39 is 41.5 Å². The third-order valence-corrected chi connectivity index (χ3v) is 23.7. The van der Waals surface area contributed by atoms with Crippen LogP contribution in [0.25, 0.3) is 33.4 Å². The first-order valence-electron chi connectivity index (χ1n) is 21.5. The van der Waals surface area contributed by atoms with Crippen LogP contribution in [0.1, 0.15) is 39.7 Å². The van der Waals surface area contributed by atoms with E-state index in [4.69, 9.17) is 8.53 Å². The summed E-state index contributed by atoms with van der Waals surface area (Å²) in [5, 5.41) is 2.75. The van der Waals surface area contributed by atoms with Crippen molar-refractivity contribution in [3.8, 4) is 22.5 Å². The number of rotatable bonds is 20. The molecular formula is C45H58N5O9S3Si2+. The molecule has 1 N–H and O–H groups in total. The van der Waals surface area contributed by atoms with Gasteiger partial charge in [0.15, 0.2) is 31.6 Å². The first-order valence-corrected chi connectivity index (χ1v) is 31.9. The van der Waals surface area contributed by atoms with Gasteiger partial charge in [0.05, 0.1) is 16.7 Å². The van der Waals surface area contributed by atoms with E-state index in [0.717, 1.165) is 49.3 Å². The van der Waals surface area contributed by atoms with Crippen molar-refractivity contribution in [3.05, 3.63) is 90.1 Å². The summed E-state index contributed by atoms with van der Waals surface area (Å²) in [5.74, 6) is -0.394. The lowest BCUT2D eigenvalue weighted by molar-refractivity contribution is -0.136. The summed E-state index contributed by atoms with van der Waals surface area (Å²) >= 11 is 1.48. The molecule has 0 bridgehead atoms. The number of carbonyl (C=O) groups excluding carboxylic acids is 2. The molecule has 0 saturated heterocycles. The van der Waals surface area contributed by atoms with Crippen LogP contribution < -0.4 is 14.8 Å². The molecule has 2 aromatic carbocycles. The molecule has 2 amide bonds. The molecule has 1 aliphatic carbocycles. The molecule has 0 spiro atoms. The van der Waals surface area contributed by atoms with Crippen molar-refractivity contribution in [2.45, 2.75) is 87.7 Å². The summed E-state index contributed by atoms with van der Waals surface area (Å²) in [7, 11) is -13.3. The van der Waals surface area contributed by atoms with Gasteiger partial charge in [0.2, 0.25) is 5.36 Å². The van der Waals surface area contributed by atoms with E-state index in [1.165, 1.54) is 40.9 Å². The summed E-state index contributed by atoms with van der Waals surface area (Å²) in [6, 6.07) is 16.1. The van der Waals surface area contributed by atoms with Crippen LogP contribution in [-0.2, 0) is 40.1 Å². The largest absolute Gasteiger partial charge is 0.456 e. The molecule has 0 unspecified atom stereocenters. The standard InChI is InChI=1S/C45H57N5O9S3Si2/c1-9-48(10-2)33-14-17-36-39(26-33)58-40-27-34(49(11-3)12-4)15-18-37(40)44(36)38-19-16-35(28-41(38)62(55,56)57)61(53,54)24-22-32-29-46-45(47-30-32)60-31-64(7,8)59-63(5,6)25-13-23-50-42(51)20-21-43(50)52/h14-21,26-30H,9-13,22-25,31H2,1-8H3/p+1. The van der Waals surface area contributed by atoms with Crippen LogP contribution in [0, 0.1) is 0 Å². The Balaban J connectivity index is 1.20. The van der Waals surface area contributed by atoms with E-state index in [0.29, 0.717) is 56.9 Å². The second kappa shape index (κ2) is 19.9.